The third-order valence-corrected chi connectivity index (χ3v) is 7.11. The molecule has 37 heavy (non-hydrogen) atoms. The topological polar surface area (TPSA) is 18.5 Å². The molecule has 0 atom stereocenters. The number of aryl methyl sites for hydroxylation is 1. The van der Waals surface area contributed by atoms with Gasteiger partial charge in [0.05, 0.1) is 13.2 Å². The molecule has 0 radical (unpaired) electrons. The Morgan fingerprint density at radius 2 is 0.892 bits per heavy atom. The zero-order valence-corrected chi connectivity index (χ0v) is 23.6. The molecule has 0 fully saturated rings. The summed E-state index contributed by atoms with van der Waals surface area (Å²) in [4.78, 5) is 0. The van der Waals surface area contributed by atoms with E-state index in [9.17, 15) is 0 Å². The Labute approximate surface area is 226 Å². The lowest BCUT2D eigenvalue weighted by molar-refractivity contribution is 0.304. The predicted molar refractivity (Wildman–Crippen MR) is 160 cm³/mol. The highest BCUT2D eigenvalue weighted by Gasteiger charge is 2.06. The molecule has 3 aromatic carbocycles. The summed E-state index contributed by atoms with van der Waals surface area (Å²) >= 11 is 0. The Morgan fingerprint density at radius 3 is 1.38 bits per heavy atom. The monoisotopic (exact) mass is 500 g/mol. The van der Waals surface area contributed by atoms with Crippen molar-refractivity contribution in [2.45, 2.75) is 97.8 Å². The SMILES string of the molecule is CCCCCCCCOc1ccc(-c2ccc(-c3ccc(OCCCCCCCC)cc3)c(C)c2)cc1. The summed E-state index contributed by atoms with van der Waals surface area (Å²) in [6, 6.07) is 23.8. The van der Waals surface area contributed by atoms with Gasteiger partial charge in [-0.15, -0.1) is 0 Å². The molecule has 3 aromatic rings. The van der Waals surface area contributed by atoms with E-state index < -0.39 is 0 Å². The van der Waals surface area contributed by atoms with E-state index in [4.69, 9.17) is 9.47 Å². The number of hydrogen-bond acceptors (Lipinski definition) is 2. The van der Waals surface area contributed by atoms with E-state index in [-0.39, 0.29) is 0 Å². The lowest BCUT2D eigenvalue weighted by Crippen LogP contribution is -1.97. The Balaban J connectivity index is 1.47. The quantitative estimate of drug-likeness (QED) is 0.162. The molecule has 0 spiro atoms. The molecule has 0 aliphatic heterocycles. The van der Waals surface area contributed by atoms with Crippen LogP contribution in [0.3, 0.4) is 0 Å². The Morgan fingerprint density at radius 1 is 0.459 bits per heavy atom. The molecule has 3 rings (SSSR count). The second-order valence-electron chi connectivity index (χ2n) is 10.3. The molecular formula is C35H48O2. The van der Waals surface area contributed by atoms with Crippen molar-refractivity contribution in [1.29, 1.82) is 0 Å². The van der Waals surface area contributed by atoms with Crippen LogP contribution in [0, 0.1) is 6.92 Å². The molecule has 2 nitrogen and oxygen atoms in total. The lowest BCUT2D eigenvalue weighted by atomic mass is 9.96. The van der Waals surface area contributed by atoms with Crippen LogP contribution in [-0.4, -0.2) is 13.2 Å². The van der Waals surface area contributed by atoms with E-state index in [0.717, 1.165) is 37.6 Å². The van der Waals surface area contributed by atoms with Crippen LogP contribution in [0.4, 0.5) is 0 Å². The van der Waals surface area contributed by atoms with Crippen molar-refractivity contribution in [2.75, 3.05) is 13.2 Å². The van der Waals surface area contributed by atoms with Crippen molar-refractivity contribution < 1.29 is 9.47 Å². The van der Waals surface area contributed by atoms with Crippen LogP contribution < -0.4 is 9.47 Å². The van der Waals surface area contributed by atoms with Crippen LogP contribution >= 0.6 is 0 Å². The van der Waals surface area contributed by atoms with E-state index >= 15 is 0 Å². The highest BCUT2D eigenvalue weighted by Crippen LogP contribution is 2.30. The molecule has 0 saturated heterocycles. The van der Waals surface area contributed by atoms with Gasteiger partial charge in [0.25, 0.3) is 0 Å². The van der Waals surface area contributed by atoms with Gasteiger partial charge in [0.15, 0.2) is 0 Å². The van der Waals surface area contributed by atoms with Gasteiger partial charge >= 0.3 is 0 Å². The molecule has 0 amide bonds. The van der Waals surface area contributed by atoms with Crippen LogP contribution in [0.25, 0.3) is 22.3 Å². The van der Waals surface area contributed by atoms with Crippen molar-refractivity contribution in [3.8, 4) is 33.8 Å². The summed E-state index contributed by atoms with van der Waals surface area (Å²) in [5.41, 5.74) is 6.24. The van der Waals surface area contributed by atoms with Crippen molar-refractivity contribution in [1.82, 2.24) is 0 Å². The number of rotatable bonds is 18. The van der Waals surface area contributed by atoms with Crippen LogP contribution in [0.2, 0.25) is 0 Å². The second-order valence-corrected chi connectivity index (χ2v) is 10.3. The average Bonchev–Trinajstić information content (AvgIpc) is 2.93. The van der Waals surface area contributed by atoms with E-state index in [1.54, 1.807) is 0 Å². The molecule has 2 heteroatoms. The van der Waals surface area contributed by atoms with Gasteiger partial charge in [-0.05, 0) is 71.8 Å². The fraction of sp³-hybridized carbons (Fsp3) is 0.486. The maximum absolute atomic E-state index is 5.96. The number of ether oxygens (including phenoxy) is 2. The van der Waals surface area contributed by atoms with Gasteiger partial charge in [-0.25, -0.2) is 0 Å². The predicted octanol–water partition coefficient (Wildman–Crippen LogP) is 10.8. The standard InChI is InChI=1S/C35H48O2/c1-4-6-8-10-12-14-26-36-33-21-16-30(17-22-33)32-20-25-35(29(3)28-32)31-18-23-34(24-19-31)37-27-15-13-11-9-7-5-2/h16-25,28H,4-15,26-27H2,1-3H3. The van der Waals surface area contributed by atoms with Crippen LogP contribution in [0.15, 0.2) is 66.7 Å². The van der Waals surface area contributed by atoms with Crippen LogP contribution in [0.1, 0.15) is 96.5 Å². The normalized spacial score (nSPS) is 11.0. The number of benzene rings is 3. The van der Waals surface area contributed by atoms with E-state index in [1.165, 1.54) is 92.0 Å². The van der Waals surface area contributed by atoms with E-state index in [0.29, 0.717) is 0 Å². The average molecular weight is 501 g/mol. The Hall–Kier alpha value is -2.74. The van der Waals surface area contributed by atoms with Gasteiger partial charge in [0, 0.05) is 0 Å². The van der Waals surface area contributed by atoms with Crippen molar-refractivity contribution in [2.24, 2.45) is 0 Å². The molecule has 0 heterocycles. The lowest BCUT2D eigenvalue weighted by Gasteiger charge is -2.12. The Bertz CT molecular complexity index is 1000. The molecule has 0 N–H and O–H groups in total. The van der Waals surface area contributed by atoms with Gasteiger partial charge in [0.1, 0.15) is 11.5 Å². The van der Waals surface area contributed by atoms with E-state index in [1.807, 2.05) is 0 Å². The first-order valence-electron chi connectivity index (χ1n) is 14.8. The molecule has 200 valence electrons. The van der Waals surface area contributed by atoms with Crippen molar-refractivity contribution >= 4 is 0 Å². The zero-order chi connectivity index (χ0) is 26.1. The largest absolute Gasteiger partial charge is 0.494 e. The third kappa shape index (κ3) is 10.3. The highest BCUT2D eigenvalue weighted by atomic mass is 16.5. The summed E-state index contributed by atoms with van der Waals surface area (Å²) in [5.74, 6) is 1.93. The summed E-state index contributed by atoms with van der Waals surface area (Å²) in [7, 11) is 0. The molecule has 0 unspecified atom stereocenters. The van der Waals surface area contributed by atoms with Crippen molar-refractivity contribution in [3.05, 3.63) is 72.3 Å². The van der Waals surface area contributed by atoms with Gasteiger partial charge in [0.2, 0.25) is 0 Å². The first kappa shape index (κ1) is 28.8. The van der Waals surface area contributed by atoms with Gasteiger partial charge in [-0.3, -0.25) is 0 Å². The van der Waals surface area contributed by atoms with Gasteiger partial charge < -0.3 is 9.47 Å². The molecule has 0 aliphatic carbocycles. The minimum absolute atomic E-state index is 0.808. The second kappa shape index (κ2) is 16.9. The first-order chi connectivity index (χ1) is 18.2. The molecular weight excluding hydrogens is 452 g/mol. The fourth-order valence-corrected chi connectivity index (χ4v) is 4.79. The minimum atomic E-state index is 0.808. The van der Waals surface area contributed by atoms with Gasteiger partial charge in [-0.1, -0.05) is 121 Å². The first-order valence-corrected chi connectivity index (χ1v) is 14.8. The Kier molecular flexibility index (Phi) is 13.2. The maximum Gasteiger partial charge on any atom is 0.119 e. The van der Waals surface area contributed by atoms with Crippen LogP contribution in [-0.2, 0) is 0 Å². The summed E-state index contributed by atoms with van der Waals surface area (Å²) in [6.07, 6.45) is 15.4. The third-order valence-electron chi connectivity index (χ3n) is 7.11. The maximum atomic E-state index is 5.96. The minimum Gasteiger partial charge on any atom is -0.494 e. The zero-order valence-electron chi connectivity index (χ0n) is 23.6. The van der Waals surface area contributed by atoms with E-state index in [2.05, 4.69) is 87.5 Å². The molecule has 0 aliphatic rings. The highest BCUT2D eigenvalue weighted by molar-refractivity contribution is 5.74. The smallest absolute Gasteiger partial charge is 0.119 e. The van der Waals surface area contributed by atoms with Gasteiger partial charge in [-0.2, -0.15) is 0 Å². The molecule has 0 bridgehead atoms. The van der Waals surface area contributed by atoms with Crippen LogP contribution in [0.5, 0.6) is 11.5 Å². The molecule has 0 saturated carbocycles. The summed E-state index contributed by atoms with van der Waals surface area (Å²) in [5, 5.41) is 0. The molecule has 0 aromatic heterocycles. The fourth-order valence-electron chi connectivity index (χ4n) is 4.79. The number of unbranched alkanes of at least 4 members (excludes halogenated alkanes) is 10. The number of hydrogen-bond donors (Lipinski definition) is 0. The van der Waals surface area contributed by atoms with Crippen molar-refractivity contribution in [3.63, 3.8) is 0 Å². The summed E-state index contributed by atoms with van der Waals surface area (Å²) in [6.45, 7) is 8.33. The summed E-state index contributed by atoms with van der Waals surface area (Å²) < 4.78 is 11.9.